The molecule has 11 heteroatoms. The summed E-state index contributed by atoms with van der Waals surface area (Å²) in [5.41, 5.74) is 0.194. The van der Waals surface area contributed by atoms with Crippen LogP contribution in [0.1, 0.15) is 19.3 Å². The Morgan fingerprint density at radius 1 is 1.30 bits per heavy atom. The molecule has 2 atom stereocenters. The molecule has 184 valence electrons. The first-order chi connectivity index (χ1) is 15.5. The number of nitro groups is 1. The van der Waals surface area contributed by atoms with E-state index in [4.69, 9.17) is 9.47 Å². The van der Waals surface area contributed by atoms with Gasteiger partial charge in [0.2, 0.25) is 0 Å². The molecule has 0 aliphatic carbocycles. The second kappa shape index (κ2) is 12.0. The van der Waals surface area contributed by atoms with E-state index in [0.717, 1.165) is 18.9 Å². The number of nitrogens with zero attached hydrogens (tertiary/aromatic N) is 3. The van der Waals surface area contributed by atoms with Crippen LogP contribution < -0.4 is 4.90 Å². The van der Waals surface area contributed by atoms with E-state index in [-0.39, 0.29) is 18.2 Å². The second-order valence-corrected chi connectivity index (χ2v) is 15.3. The maximum Gasteiger partial charge on any atom is 0.412 e. The van der Waals surface area contributed by atoms with Crippen molar-refractivity contribution in [2.24, 2.45) is 5.92 Å². The number of likely N-dealkylation sites (N-methyl/N-ethyl adjacent to an activating group) is 1. The molecule has 1 heterocycles. The number of benzene rings is 1. The van der Waals surface area contributed by atoms with Gasteiger partial charge in [0.25, 0.3) is 5.69 Å². The number of anilines is 1. The maximum atomic E-state index is 12.6. The van der Waals surface area contributed by atoms with Gasteiger partial charge in [0.05, 0.1) is 17.6 Å². The summed E-state index contributed by atoms with van der Waals surface area (Å²) in [6, 6.07) is 5.68. The molecule has 0 bridgehead atoms. The van der Waals surface area contributed by atoms with Crippen molar-refractivity contribution in [3.63, 3.8) is 0 Å². The molecule has 2 amide bonds. The number of carbonyl (C=O) groups is 2. The number of rotatable bonds is 10. The smallest absolute Gasteiger partial charge is 0.412 e. The van der Waals surface area contributed by atoms with E-state index >= 15 is 0 Å². The molecule has 0 spiro atoms. The predicted molar refractivity (Wildman–Crippen MR) is 128 cm³/mol. The van der Waals surface area contributed by atoms with Crippen molar-refractivity contribution < 1.29 is 29.1 Å². The van der Waals surface area contributed by atoms with Crippen LogP contribution in [0.15, 0.2) is 24.3 Å². The van der Waals surface area contributed by atoms with Gasteiger partial charge in [-0.15, -0.1) is 0 Å². The van der Waals surface area contributed by atoms with Gasteiger partial charge in [-0.1, -0.05) is 19.6 Å². The third-order valence-electron chi connectivity index (χ3n) is 5.64. The molecule has 0 unspecified atom stereocenters. The van der Waals surface area contributed by atoms with Crippen LogP contribution >= 0.6 is 0 Å². The van der Waals surface area contributed by atoms with Crippen LogP contribution in [0.4, 0.5) is 21.0 Å². The number of nitro benzene ring substituents is 1. The Bertz CT molecular complexity index is 807. The van der Waals surface area contributed by atoms with Gasteiger partial charge in [0.15, 0.2) is 0 Å². The van der Waals surface area contributed by atoms with Crippen molar-refractivity contribution in [3.05, 3.63) is 34.4 Å². The highest BCUT2D eigenvalue weighted by molar-refractivity contribution is 6.76. The third kappa shape index (κ3) is 8.65. The Hall–Kier alpha value is -2.66. The summed E-state index contributed by atoms with van der Waals surface area (Å²) in [7, 11) is 0.241. The summed E-state index contributed by atoms with van der Waals surface area (Å²) in [4.78, 5) is 37.9. The van der Waals surface area contributed by atoms with E-state index in [1.807, 2.05) is 0 Å². The molecule has 1 N–H and O–H groups in total. The van der Waals surface area contributed by atoms with Gasteiger partial charge in [-0.25, -0.2) is 9.59 Å². The molecule has 0 saturated carbocycles. The van der Waals surface area contributed by atoms with Crippen molar-refractivity contribution in [3.8, 4) is 0 Å². The summed E-state index contributed by atoms with van der Waals surface area (Å²) in [5, 5.41) is 21.0. The fourth-order valence-electron chi connectivity index (χ4n) is 3.80. The molecule has 0 aromatic heterocycles. The Kier molecular flexibility index (Phi) is 9.66. The number of carboxylic acid groups (broad SMARTS) is 1. The minimum Gasteiger partial charge on any atom is -0.465 e. The van der Waals surface area contributed by atoms with E-state index in [1.165, 1.54) is 34.1 Å². The average Bonchev–Trinajstić information content (AvgIpc) is 2.73. The first-order valence-electron chi connectivity index (χ1n) is 11.2. The lowest BCUT2D eigenvalue weighted by Crippen LogP contribution is -2.49. The zero-order chi connectivity index (χ0) is 24.6. The van der Waals surface area contributed by atoms with E-state index in [1.54, 1.807) is 7.05 Å². The molecule has 2 rings (SSSR count). The highest BCUT2D eigenvalue weighted by atomic mass is 28.3. The largest absolute Gasteiger partial charge is 0.465 e. The van der Waals surface area contributed by atoms with Crippen LogP contribution in [-0.4, -0.2) is 74.6 Å². The molecule has 1 fully saturated rings. The Morgan fingerprint density at radius 2 is 1.97 bits per heavy atom. The van der Waals surface area contributed by atoms with E-state index in [2.05, 4.69) is 19.6 Å². The summed E-state index contributed by atoms with van der Waals surface area (Å²) in [6.07, 6.45) is 0.624. The number of hydrogen-bond donors (Lipinski definition) is 1. The van der Waals surface area contributed by atoms with Crippen LogP contribution in [0, 0.1) is 16.0 Å². The Morgan fingerprint density at radius 3 is 2.48 bits per heavy atom. The number of carbonyl (C=O) groups excluding carboxylic acids is 1. The molecule has 33 heavy (non-hydrogen) atoms. The minimum atomic E-state index is -1.35. The van der Waals surface area contributed by atoms with Gasteiger partial charge in [-0.3, -0.25) is 15.0 Å². The lowest BCUT2D eigenvalue weighted by Gasteiger charge is -2.35. The molecule has 1 aromatic rings. The average molecular weight is 482 g/mol. The molecule has 0 radical (unpaired) electrons. The van der Waals surface area contributed by atoms with E-state index in [0.29, 0.717) is 31.9 Å². The SMILES string of the molecule is CN(C[C@H](C[C@H]1CCCOC1)N(C(=O)O)c1ccc([N+](=O)[O-])cc1)C(=O)OCC[Si](C)(C)C. The molecule has 1 aliphatic heterocycles. The van der Waals surface area contributed by atoms with Gasteiger partial charge in [-0.2, -0.15) is 0 Å². The van der Waals surface area contributed by atoms with Crippen LogP contribution in [-0.2, 0) is 9.47 Å². The molecular weight excluding hydrogens is 446 g/mol. The summed E-state index contributed by atoms with van der Waals surface area (Å²) in [5.74, 6) is 0.153. The monoisotopic (exact) mass is 481 g/mol. The number of non-ortho nitro benzene ring substituents is 1. The minimum absolute atomic E-state index is 0.121. The molecule has 10 nitrogen and oxygen atoms in total. The molecule has 1 aromatic carbocycles. The molecular formula is C22H35N3O7Si. The number of ether oxygens (including phenoxy) is 2. The molecule has 1 aliphatic rings. The van der Waals surface area contributed by atoms with Crippen LogP contribution in [0.2, 0.25) is 25.7 Å². The zero-order valence-corrected chi connectivity index (χ0v) is 20.9. The van der Waals surface area contributed by atoms with Crippen LogP contribution in [0.25, 0.3) is 0 Å². The van der Waals surface area contributed by atoms with Gasteiger partial charge >= 0.3 is 12.2 Å². The lowest BCUT2D eigenvalue weighted by molar-refractivity contribution is -0.384. The highest BCUT2D eigenvalue weighted by Crippen LogP contribution is 2.27. The van der Waals surface area contributed by atoms with Gasteiger partial charge < -0.3 is 19.5 Å². The van der Waals surface area contributed by atoms with Gasteiger partial charge in [0, 0.05) is 52.7 Å². The fourth-order valence-corrected chi connectivity index (χ4v) is 4.51. The first kappa shape index (κ1) is 26.6. The van der Waals surface area contributed by atoms with Crippen molar-refractivity contribution in [1.82, 2.24) is 4.90 Å². The van der Waals surface area contributed by atoms with Crippen molar-refractivity contribution in [1.29, 1.82) is 0 Å². The second-order valence-electron chi connectivity index (χ2n) is 9.70. The highest BCUT2D eigenvalue weighted by Gasteiger charge is 2.31. The topological polar surface area (TPSA) is 122 Å². The fraction of sp³-hybridized carbons (Fsp3) is 0.636. The Balaban J connectivity index is 2.20. The molecule has 1 saturated heterocycles. The summed E-state index contributed by atoms with van der Waals surface area (Å²) >= 11 is 0. The maximum absolute atomic E-state index is 12.6. The summed E-state index contributed by atoms with van der Waals surface area (Å²) < 4.78 is 11.0. The number of amides is 2. The van der Waals surface area contributed by atoms with Crippen molar-refractivity contribution in [2.45, 2.75) is 51.0 Å². The normalized spacial score (nSPS) is 17.2. The van der Waals surface area contributed by atoms with Crippen molar-refractivity contribution in [2.75, 3.05) is 38.3 Å². The standard InChI is InChI=1S/C22H35N3O7Si/c1-23(22(28)32-12-13-33(2,3)4)15-20(14-17-6-5-11-31-16-17)24(21(26)27)18-7-9-19(10-8-18)25(29)30/h7-10,17,20H,5-6,11-16H2,1-4H3,(H,26,27)/t17-,20+/m1/s1. The van der Waals surface area contributed by atoms with Gasteiger partial charge in [0.1, 0.15) is 0 Å². The Labute approximate surface area is 195 Å². The van der Waals surface area contributed by atoms with Crippen LogP contribution in [0.3, 0.4) is 0 Å². The predicted octanol–water partition coefficient (Wildman–Crippen LogP) is 4.67. The lowest BCUT2D eigenvalue weighted by atomic mass is 9.93. The summed E-state index contributed by atoms with van der Waals surface area (Å²) in [6.45, 7) is 8.28. The third-order valence-corrected chi connectivity index (χ3v) is 7.35. The first-order valence-corrected chi connectivity index (χ1v) is 14.9. The van der Waals surface area contributed by atoms with E-state index in [9.17, 15) is 24.8 Å². The quantitative estimate of drug-likeness (QED) is 0.293. The van der Waals surface area contributed by atoms with Crippen molar-refractivity contribution >= 4 is 31.6 Å². The van der Waals surface area contributed by atoms with Gasteiger partial charge in [-0.05, 0) is 43.4 Å². The zero-order valence-electron chi connectivity index (χ0n) is 19.9. The van der Waals surface area contributed by atoms with Crippen LogP contribution in [0.5, 0.6) is 0 Å². The van der Waals surface area contributed by atoms with E-state index < -0.39 is 31.2 Å². The number of hydrogen-bond acceptors (Lipinski definition) is 6.